The first kappa shape index (κ1) is 9.05. The van der Waals surface area contributed by atoms with Crippen LogP contribution in [-0.4, -0.2) is 27.3 Å². The van der Waals surface area contributed by atoms with Gasteiger partial charge in [-0.2, -0.15) is 0 Å². The van der Waals surface area contributed by atoms with Gasteiger partial charge in [-0.15, -0.1) is 0 Å². The average molecular weight is 181 g/mol. The molecule has 1 aromatic rings. The van der Waals surface area contributed by atoms with Crippen LogP contribution in [0.4, 0.5) is 0 Å². The molecule has 1 aromatic carbocycles. The van der Waals surface area contributed by atoms with E-state index in [2.05, 4.69) is 6.07 Å². The molecule has 1 radical (unpaired) electrons. The minimum absolute atomic E-state index is 0.448. The van der Waals surface area contributed by atoms with E-state index >= 15 is 0 Å². The second kappa shape index (κ2) is 3.14. The molecule has 0 amide bonds. The van der Waals surface area contributed by atoms with Crippen molar-refractivity contribution in [2.75, 3.05) is 0 Å². The van der Waals surface area contributed by atoms with E-state index in [4.69, 9.17) is 15.3 Å². The molecule has 0 unspecified atom stereocenters. The van der Waals surface area contributed by atoms with Crippen molar-refractivity contribution in [2.24, 2.45) is 0 Å². The molecule has 0 aliphatic carbocycles. The Hall–Kier alpha value is -2.04. The Kier molecular flexibility index (Phi) is 2.19. The van der Waals surface area contributed by atoms with E-state index in [0.717, 1.165) is 12.1 Å². The standard InChI is InChI=1S/C8H5O5/c9-6-4(7(10)11)2-1-3-5(6)8(12)13/h1-2,9H,(H,10,11)(H,12,13). The number of carboxylic acids is 2. The Balaban J connectivity index is 3.35. The molecule has 0 heterocycles. The largest absolute Gasteiger partial charge is 0.506 e. The summed E-state index contributed by atoms with van der Waals surface area (Å²) in [5.74, 6) is -3.57. The lowest BCUT2D eigenvalue weighted by molar-refractivity contribution is 0.0691. The number of aromatic carboxylic acids is 2. The molecule has 0 saturated carbocycles. The number of carbonyl (C=O) groups is 2. The van der Waals surface area contributed by atoms with Gasteiger partial charge in [0.2, 0.25) is 0 Å². The van der Waals surface area contributed by atoms with Gasteiger partial charge in [-0.3, -0.25) is 0 Å². The van der Waals surface area contributed by atoms with Crippen LogP contribution in [0.1, 0.15) is 20.7 Å². The summed E-state index contributed by atoms with van der Waals surface area (Å²) in [6, 6.07) is 4.42. The second-order valence-electron chi connectivity index (χ2n) is 2.23. The van der Waals surface area contributed by atoms with Gasteiger partial charge in [-0.25, -0.2) is 9.59 Å². The van der Waals surface area contributed by atoms with Crippen molar-refractivity contribution in [3.8, 4) is 5.75 Å². The van der Waals surface area contributed by atoms with Gasteiger partial charge in [0.15, 0.2) is 0 Å². The molecule has 67 valence electrons. The van der Waals surface area contributed by atoms with Crippen LogP contribution in [0.25, 0.3) is 0 Å². The van der Waals surface area contributed by atoms with Crippen molar-refractivity contribution in [3.63, 3.8) is 0 Å². The molecule has 0 atom stereocenters. The van der Waals surface area contributed by atoms with Gasteiger partial charge >= 0.3 is 11.9 Å². The topological polar surface area (TPSA) is 94.8 Å². The van der Waals surface area contributed by atoms with Crippen LogP contribution in [0.3, 0.4) is 0 Å². The monoisotopic (exact) mass is 181 g/mol. The van der Waals surface area contributed by atoms with Crippen LogP contribution in [0, 0.1) is 6.07 Å². The summed E-state index contributed by atoms with van der Waals surface area (Å²) in [5.41, 5.74) is -0.990. The first-order chi connectivity index (χ1) is 6.04. The lowest BCUT2D eigenvalue weighted by Crippen LogP contribution is -2.03. The number of carboxylic acid groups (broad SMARTS) is 2. The summed E-state index contributed by atoms with van der Waals surface area (Å²) in [7, 11) is 0. The summed E-state index contributed by atoms with van der Waals surface area (Å²) < 4.78 is 0. The summed E-state index contributed by atoms with van der Waals surface area (Å²) in [6.07, 6.45) is 0. The first-order valence-corrected chi connectivity index (χ1v) is 3.24. The summed E-state index contributed by atoms with van der Waals surface area (Å²) in [5, 5.41) is 26.1. The zero-order valence-electron chi connectivity index (χ0n) is 6.31. The van der Waals surface area contributed by atoms with Crippen molar-refractivity contribution in [1.82, 2.24) is 0 Å². The molecular formula is C8H5O5. The molecule has 13 heavy (non-hydrogen) atoms. The molecule has 5 nitrogen and oxygen atoms in total. The Bertz CT molecular complexity index is 337. The van der Waals surface area contributed by atoms with Crippen LogP contribution in [-0.2, 0) is 0 Å². The molecular weight excluding hydrogens is 176 g/mol. The molecule has 3 N–H and O–H groups in total. The zero-order valence-corrected chi connectivity index (χ0v) is 6.31. The number of benzene rings is 1. The molecule has 5 heteroatoms. The normalized spacial score (nSPS) is 9.54. The Morgan fingerprint density at radius 3 is 2.31 bits per heavy atom. The minimum atomic E-state index is -1.42. The van der Waals surface area contributed by atoms with Gasteiger partial charge in [-0.05, 0) is 6.07 Å². The predicted octanol–water partition coefficient (Wildman–Crippen LogP) is 0.589. The summed E-state index contributed by atoms with van der Waals surface area (Å²) in [4.78, 5) is 20.8. The van der Waals surface area contributed by atoms with Crippen molar-refractivity contribution in [3.05, 3.63) is 29.3 Å². The molecule has 0 aliphatic rings. The fraction of sp³-hybridized carbons (Fsp3) is 0. The van der Waals surface area contributed by atoms with E-state index in [1.54, 1.807) is 0 Å². The molecule has 0 saturated heterocycles. The number of hydrogen-bond donors (Lipinski definition) is 3. The maximum Gasteiger partial charge on any atom is 0.340 e. The number of rotatable bonds is 2. The third-order valence-corrected chi connectivity index (χ3v) is 1.41. The zero-order chi connectivity index (χ0) is 10.0. The second-order valence-corrected chi connectivity index (χ2v) is 2.23. The van der Waals surface area contributed by atoms with Crippen molar-refractivity contribution in [1.29, 1.82) is 0 Å². The maximum atomic E-state index is 10.4. The molecule has 0 aromatic heterocycles. The van der Waals surface area contributed by atoms with Gasteiger partial charge in [0, 0.05) is 6.07 Å². The number of aromatic hydroxyl groups is 1. The van der Waals surface area contributed by atoms with E-state index in [1.807, 2.05) is 0 Å². The van der Waals surface area contributed by atoms with Gasteiger partial charge in [0.05, 0.1) is 0 Å². The van der Waals surface area contributed by atoms with Gasteiger partial charge in [0.25, 0.3) is 0 Å². The van der Waals surface area contributed by atoms with E-state index in [0.29, 0.717) is 0 Å². The van der Waals surface area contributed by atoms with Crippen molar-refractivity contribution >= 4 is 11.9 Å². The molecule has 0 spiro atoms. The van der Waals surface area contributed by atoms with Crippen LogP contribution in [0.15, 0.2) is 12.1 Å². The SMILES string of the molecule is O=C(O)c1[c]ccc(C(=O)O)c1O. The highest BCUT2D eigenvalue weighted by atomic mass is 16.4. The number of phenols is 1. The van der Waals surface area contributed by atoms with Crippen LogP contribution < -0.4 is 0 Å². The van der Waals surface area contributed by atoms with Gasteiger partial charge in [0.1, 0.15) is 16.9 Å². The third-order valence-electron chi connectivity index (χ3n) is 1.41. The van der Waals surface area contributed by atoms with E-state index in [9.17, 15) is 9.59 Å². The van der Waals surface area contributed by atoms with E-state index in [-0.39, 0.29) is 0 Å². The lowest BCUT2D eigenvalue weighted by Gasteiger charge is -2.01. The quantitative estimate of drug-likeness (QED) is 0.620. The van der Waals surface area contributed by atoms with Crippen molar-refractivity contribution < 1.29 is 24.9 Å². The predicted molar refractivity (Wildman–Crippen MR) is 40.9 cm³/mol. The fourth-order valence-corrected chi connectivity index (χ4v) is 0.826. The van der Waals surface area contributed by atoms with Gasteiger partial charge < -0.3 is 15.3 Å². The molecule has 0 bridgehead atoms. The Labute approximate surface area is 72.9 Å². The Morgan fingerprint density at radius 2 is 1.85 bits per heavy atom. The lowest BCUT2D eigenvalue weighted by atomic mass is 10.1. The number of hydrogen-bond acceptors (Lipinski definition) is 3. The van der Waals surface area contributed by atoms with Crippen LogP contribution in [0.2, 0.25) is 0 Å². The average Bonchev–Trinajstić information content (AvgIpc) is 2.03. The fourth-order valence-electron chi connectivity index (χ4n) is 0.826. The summed E-state index contributed by atoms with van der Waals surface area (Å²) >= 11 is 0. The van der Waals surface area contributed by atoms with Crippen molar-refractivity contribution in [2.45, 2.75) is 0 Å². The highest BCUT2D eigenvalue weighted by Crippen LogP contribution is 2.21. The van der Waals surface area contributed by atoms with E-state index in [1.165, 1.54) is 0 Å². The minimum Gasteiger partial charge on any atom is -0.506 e. The first-order valence-electron chi connectivity index (χ1n) is 3.24. The Morgan fingerprint density at radius 1 is 1.23 bits per heavy atom. The van der Waals surface area contributed by atoms with Crippen LogP contribution in [0.5, 0.6) is 5.75 Å². The van der Waals surface area contributed by atoms with E-state index < -0.39 is 28.8 Å². The molecule has 1 rings (SSSR count). The highest BCUT2D eigenvalue weighted by Gasteiger charge is 2.16. The maximum absolute atomic E-state index is 10.4. The molecule has 0 fully saturated rings. The third kappa shape index (κ3) is 1.58. The van der Waals surface area contributed by atoms with Gasteiger partial charge in [-0.1, -0.05) is 6.07 Å². The summed E-state index contributed by atoms with van der Waals surface area (Å²) in [6.45, 7) is 0. The highest BCUT2D eigenvalue weighted by molar-refractivity contribution is 5.98. The molecule has 0 aliphatic heterocycles. The smallest absolute Gasteiger partial charge is 0.340 e. The van der Waals surface area contributed by atoms with Crippen LogP contribution >= 0.6 is 0 Å².